The van der Waals surface area contributed by atoms with Gasteiger partial charge < -0.3 is 14.6 Å². The normalized spacial score (nSPS) is 17.1. The minimum atomic E-state index is -0.722. The van der Waals surface area contributed by atoms with Crippen molar-refractivity contribution in [2.75, 3.05) is 33.4 Å². The number of methoxy groups -OCH3 is 1. The van der Waals surface area contributed by atoms with E-state index in [1.165, 1.54) is 43.5 Å². The van der Waals surface area contributed by atoms with E-state index in [0.29, 0.717) is 6.61 Å². The molecule has 0 saturated carbocycles. The number of piperidine rings is 1. The molecule has 1 aliphatic carbocycles. The van der Waals surface area contributed by atoms with Gasteiger partial charge in [0.1, 0.15) is 24.2 Å². The molecule has 3 aromatic carbocycles. The number of aryl methyl sites for hydroxylation is 1. The zero-order valence-corrected chi connectivity index (χ0v) is 20.6. The Balaban J connectivity index is 1.39. The standard InChI is InChI=1S/C31H35NO3/c1-34-27-10-7-9-25(22-27)29-17-14-23-8-3-4-11-28(23)30(29)31(33)24-12-15-26(16-13-24)35-21-20-32-18-5-2-6-19-32/h3-4,7-13,15-16,22,31,33H,2,5-6,14,17-21H2,1H3. The fourth-order valence-electron chi connectivity index (χ4n) is 5.37. The van der Waals surface area contributed by atoms with E-state index in [4.69, 9.17) is 9.47 Å². The Morgan fingerprint density at radius 3 is 2.46 bits per heavy atom. The second kappa shape index (κ2) is 11.1. The summed E-state index contributed by atoms with van der Waals surface area (Å²) in [6.45, 7) is 4.03. The summed E-state index contributed by atoms with van der Waals surface area (Å²) < 4.78 is 11.5. The van der Waals surface area contributed by atoms with E-state index in [0.717, 1.165) is 53.1 Å². The smallest absolute Gasteiger partial charge is 0.119 e. The van der Waals surface area contributed by atoms with Crippen molar-refractivity contribution in [1.29, 1.82) is 0 Å². The Morgan fingerprint density at radius 2 is 1.66 bits per heavy atom. The van der Waals surface area contributed by atoms with Gasteiger partial charge in [-0.05, 0) is 96.4 Å². The fourth-order valence-corrected chi connectivity index (χ4v) is 5.37. The molecule has 4 nitrogen and oxygen atoms in total. The third-order valence-corrected chi connectivity index (χ3v) is 7.29. The number of hydrogen-bond acceptors (Lipinski definition) is 4. The first-order chi connectivity index (χ1) is 17.2. The molecule has 1 saturated heterocycles. The summed E-state index contributed by atoms with van der Waals surface area (Å²) in [5.74, 6) is 1.68. The second-order valence-corrected chi connectivity index (χ2v) is 9.50. The molecular weight excluding hydrogens is 434 g/mol. The number of hydrogen-bond donors (Lipinski definition) is 1. The van der Waals surface area contributed by atoms with Crippen LogP contribution in [0.2, 0.25) is 0 Å². The lowest BCUT2D eigenvalue weighted by atomic mass is 9.79. The van der Waals surface area contributed by atoms with Gasteiger partial charge in [0.05, 0.1) is 7.11 Å². The van der Waals surface area contributed by atoms with Crippen molar-refractivity contribution in [3.05, 3.63) is 95.1 Å². The van der Waals surface area contributed by atoms with Crippen molar-refractivity contribution in [2.45, 2.75) is 38.2 Å². The first kappa shape index (κ1) is 23.7. The van der Waals surface area contributed by atoms with Crippen LogP contribution in [0.4, 0.5) is 0 Å². The van der Waals surface area contributed by atoms with Gasteiger partial charge in [0, 0.05) is 6.54 Å². The van der Waals surface area contributed by atoms with Crippen LogP contribution in [0.5, 0.6) is 11.5 Å². The lowest BCUT2D eigenvalue weighted by Crippen LogP contribution is -2.33. The largest absolute Gasteiger partial charge is 0.497 e. The molecule has 182 valence electrons. The maximum Gasteiger partial charge on any atom is 0.119 e. The van der Waals surface area contributed by atoms with Gasteiger partial charge >= 0.3 is 0 Å². The van der Waals surface area contributed by atoms with E-state index in [1.807, 2.05) is 36.4 Å². The van der Waals surface area contributed by atoms with Gasteiger partial charge in [0.15, 0.2) is 0 Å². The highest BCUT2D eigenvalue weighted by Crippen LogP contribution is 2.44. The molecule has 0 spiro atoms. The number of allylic oxidation sites excluding steroid dienone is 1. The molecular formula is C31H35NO3. The summed E-state index contributed by atoms with van der Waals surface area (Å²) in [6, 6.07) is 24.5. The molecule has 0 radical (unpaired) electrons. The van der Waals surface area contributed by atoms with Crippen LogP contribution < -0.4 is 9.47 Å². The van der Waals surface area contributed by atoms with Crippen molar-refractivity contribution in [3.8, 4) is 11.5 Å². The molecule has 35 heavy (non-hydrogen) atoms. The van der Waals surface area contributed by atoms with Crippen LogP contribution in [0.15, 0.2) is 72.8 Å². The third-order valence-electron chi connectivity index (χ3n) is 7.29. The Bertz CT molecular complexity index is 1160. The topological polar surface area (TPSA) is 41.9 Å². The van der Waals surface area contributed by atoms with E-state index < -0.39 is 6.10 Å². The van der Waals surface area contributed by atoms with Crippen molar-refractivity contribution in [2.24, 2.45) is 0 Å². The van der Waals surface area contributed by atoms with Crippen LogP contribution in [0.3, 0.4) is 0 Å². The average molecular weight is 470 g/mol. The minimum Gasteiger partial charge on any atom is -0.497 e. The maximum atomic E-state index is 11.7. The number of ether oxygens (including phenoxy) is 2. The molecule has 2 aliphatic rings. The fraction of sp³-hybridized carbons (Fsp3) is 0.355. The Morgan fingerprint density at radius 1 is 0.857 bits per heavy atom. The maximum absolute atomic E-state index is 11.7. The van der Waals surface area contributed by atoms with Crippen LogP contribution in [0, 0.1) is 0 Å². The molecule has 1 fully saturated rings. The van der Waals surface area contributed by atoms with Gasteiger partial charge in [-0.3, -0.25) is 4.90 Å². The van der Waals surface area contributed by atoms with Gasteiger partial charge in [-0.15, -0.1) is 0 Å². The van der Waals surface area contributed by atoms with Gasteiger partial charge in [0.2, 0.25) is 0 Å². The van der Waals surface area contributed by atoms with Gasteiger partial charge in [-0.25, -0.2) is 0 Å². The molecule has 0 amide bonds. The summed E-state index contributed by atoms with van der Waals surface area (Å²) >= 11 is 0. The zero-order chi connectivity index (χ0) is 24.0. The van der Waals surface area contributed by atoms with Crippen LogP contribution in [-0.4, -0.2) is 43.4 Å². The molecule has 1 heterocycles. The monoisotopic (exact) mass is 469 g/mol. The second-order valence-electron chi connectivity index (χ2n) is 9.50. The summed E-state index contributed by atoms with van der Waals surface area (Å²) in [4.78, 5) is 2.48. The lowest BCUT2D eigenvalue weighted by Gasteiger charge is -2.28. The highest BCUT2D eigenvalue weighted by molar-refractivity contribution is 5.95. The Kier molecular flexibility index (Phi) is 7.51. The minimum absolute atomic E-state index is 0.695. The molecule has 1 unspecified atom stereocenters. The number of benzene rings is 3. The van der Waals surface area contributed by atoms with Crippen molar-refractivity contribution >= 4 is 11.1 Å². The van der Waals surface area contributed by atoms with Crippen molar-refractivity contribution in [3.63, 3.8) is 0 Å². The molecule has 5 rings (SSSR count). The van der Waals surface area contributed by atoms with Crippen LogP contribution in [-0.2, 0) is 6.42 Å². The van der Waals surface area contributed by atoms with Crippen molar-refractivity contribution < 1.29 is 14.6 Å². The number of fused-ring (bicyclic) bond motifs is 1. The number of likely N-dealkylation sites (tertiary alicyclic amines) is 1. The van der Waals surface area contributed by atoms with E-state index in [-0.39, 0.29) is 0 Å². The zero-order valence-electron chi connectivity index (χ0n) is 20.6. The Hall–Kier alpha value is -3.08. The molecule has 0 aromatic heterocycles. The van der Waals surface area contributed by atoms with Crippen molar-refractivity contribution in [1.82, 2.24) is 4.90 Å². The molecule has 3 aromatic rings. The van der Waals surface area contributed by atoms with Crippen LogP contribution >= 0.6 is 0 Å². The third kappa shape index (κ3) is 5.44. The lowest BCUT2D eigenvalue weighted by molar-refractivity contribution is 0.183. The van der Waals surface area contributed by atoms with Gasteiger partial charge in [0.25, 0.3) is 0 Å². The number of nitrogens with zero attached hydrogens (tertiary/aromatic N) is 1. The molecule has 1 N–H and O–H groups in total. The van der Waals surface area contributed by atoms with Crippen LogP contribution in [0.25, 0.3) is 11.1 Å². The number of aliphatic hydroxyl groups excluding tert-OH is 1. The number of rotatable bonds is 8. The average Bonchev–Trinajstić information content (AvgIpc) is 2.93. The summed E-state index contributed by atoms with van der Waals surface area (Å²) in [6.07, 6.45) is 5.06. The predicted octanol–water partition coefficient (Wildman–Crippen LogP) is 6.15. The summed E-state index contributed by atoms with van der Waals surface area (Å²) in [7, 11) is 1.69. The number of aliphatic hydroxyl groups is 1. The molecule has 1 aliphatic heterocycles. The highest BCUT2D eigenvalue weighted by Gasteiger charge is 2.26. The summed E-state index contributed by atoms with van der Waals surface area (Å²) in [5, 5.41) is 11.7. The van der Waals surface area contributed by atoms with Gasteiger partial charge in [-0.1, -0.05) is 55.0 Å². The molecule has 4 heteroatoms. The summed E-state index contributed by atoms with van der Waals surface area (Å²) in [5.41, 5.74) is 6.55. The SMILES string of the molecule is COc1cccc(C2=C(C(O)c3ccc(OCCN4CCCCC4)cc3)c3ccccc3CC2)c1. The molecule has 1 atom stereocenters. The first-order valence-corrected chi connectivity index (χ1v) is 12.8. The molecule has 0 bridgehead atoms. The van der Waals surface area contributed by atoms with E-state index in [2.05, 4.69) is 41.3 Å². The van der Waals surface area contributed by atoms with Gasteiger partial charge in [-0.2, -0.15) is 0 Å². The first-order valence-electron chi connectivity index (χ1n) is 12.8. The highest BCUT2D eigenvalue weighted by atomic mass is 16.5. The van der Waals surface area contributed by atoms with Crippen LogP contribution in [0.1, 0.15) is 54.0 Å². The van der Waals surface area contributed by atoms with E-state index in [9.17, 15) is 5.11 Å². The van der Waals surface area contributed by atoms with E-state index >= 15 is 0 Å². The predicted molar refractivity (Wildman–Crippen MR) is 142 cm³/mol. The quantitative estimate of drug-likeness (QED) is 0.430. The van der Waals surface area contributed by atoms with E-state index in [1.54, 1.807) is 7.11 Å². The Labute approximate surface area is 208 Å².